The highest BCUT2D eigenvalue weighted by Crippen LogP contribution is 2.27. The summed E-state index contributed by atoms with van der Waals surface area (Å²) in [5.74, 6) is -2.00. The molecule has 0 radical (unpaired) electrons. The first-order valence-electron chi connectivity index (χ1n) is 11.5. The minimum atomic E-state index is -1.12. The first-order valence-corrected chi connectivity index (χ1v) is 12.3. The highest BCUT2D eigenvalue weighted by Gasteiger charge is 2.45. The average Bonchev–Trinajstić information content (AvgIpc) is 3.14. The number of nitrogens with zero attached hydrogens (tertiary/aromatic N) is 3. The van der Waals surface area contributed by atoms with Crippen LogP contribution in [0.25, 0.3) is 0 Å². The van der Waals surface area contributed by atoms with Crippen molar-refractivity contribution < 1.29 is 23.9 Å². The van der Waals surface area contributed by atoms with Gasteiger partial charge >= 0.3 is 5.97 Å². The van der Waals surface area contributed by atoms with Gasteiger partial charge in [-0.2, -0.15) is 0 Å². The predicted molar refractivity (Wildman–Crippen MR) is 145 cm³/mol. The lowest BCUT2D eigenvalue weighted by Gasteiger charge is -2.24. The molecule has 2 N–H and O–H groups in total. The van der Waals surface area contributed by atoms with Gasteiger partial charge in [-0.1, -0.05) is 11.6 Å². The van der Waals surface area contributed by atoms with Gasteiger partial charge in [0.2, 0.25) is 11.0 Å². The molecule has 2 heterocycles. The number of rotatable bonds is 8. The van der Waals surface area contributed by atoms with E-state index in [1.165, 1.54) is 46.6 Å². The Kier molecular flexibility index (Phi) is 8.29. The summed E-state index contributed by atoms with van der Waals surface area (Å²) in [6, 6.07) is 14.5. The van der Waals surface area contributed by atoms with Gasteiger partial charge in [-0.15, -0.1) is 0 Å². The number of pyridine rings is 1. The molecule has 0 bridgehead atoms. The van der Waals surface area contributed by atoms with E-state index in [1.807, 2.05) is 0 Å². The molecule has 1 aliphatic heterocycles. The first kappa shape index (κ1) is 26.7. The maximum absolute atomic E-state index is 13.5. The Morgan fingerprint density at radius 3 is 2.29 bits per heavy atom. The van der Waals surface area contributed by atoms with E-state index < -0.39 is 29.7 Å². The number of nitrogens with one attached hydrogen (secondary N) is 2. The van der Waals surface area contributed by atoms with Gasteiger partial charge in [0, 0.05) is 28.7 Å². The number of benzene rings is 2. The Hall–Kier alpha value is -4.35. The number of carbonyl (C=O) groups excluding carboxylic acids is 4. The van der Waals surface area contributed by atoms with Crippen LogP contribution in [0, 0.1) is 0 Å². The zero-order valence-electron chi connectivity index (χ0n) is 20.1. The fraction of sp³-hybridized carbons (Fsp3) is 0.154. The molecule has 1 aliphatic rings. The van der Waals surface area contributed by atoms with Crippen molar-refractivity contribution >= 4 is 64.0 Å². The summed E-state index contributed by atoms with van der Waals surface area (Å²) in [6.45, 7) is 1.95. The largest absolute Gasteiger partial charge is 0.462 e. The van der Waals surface area contributed by atoms with Gasteiger partial charge in [0.1, 0.15) is 6.04 Å². The van der Waals surface area contributed by atoms with Gasteiger partial charge < -0.3 is 10.1 Å². The lowest BCUT2D eigenvalue weighted by Crippen LogP contribution is -2.49. The molecule has 0 spiro atoms. The second-order valence-corrected chi connectivity index (χ2v) is 8.85. The second-order valence-electron chi connectivity index (χ2n) is 8.05. The normalized spacial score (nSPS) is 14.8. The SMILES string of the molecule is CCOC(=O)c1ccc(NC(=O)CC2C(=O)N(c3ccc(Cl)cc3)C(=S)N2NC(=O)c2ccncc2)cc1. The fourth-order valence-electron chi connectivity index (χ4n) is 3.70. The Balaban J connectivity index is 1.54. The zero-order chi connectivity index (χ0) is 27.2. The molecule has 1 fully saturated rings. The lowest BCUT2D eigenvalue weighted by atomic mass is 10.1. The molecule has 10 nitrogen and oxygen atoms in total. The summed E-state index contributed by atoms with van der Waals surface area (Å²) < 4.78 is 4.96. The van der Waals surface area contributed by atoms with Crippen LogP contribution in [0.1, 0.15) is 34.1 Å². The van der Waals surface area contributed by atoms with Crippen molar-refractivity contribution in [1.82, 2.24) is 15.4 Å². The van der Waals surface area contributed by atoms with E-state index in [4.69, 9.17) is 28.6 Å². The maximum atomic E-state index is 13.5. The van der Waals surface area contributed by atoms with Crippen LogP contribution >= 0.6 is 23.8 Å². The number of hydrogen-bond donors (Lipinski definition) is 2. The van der Waals surface area contributed by atoms with Crippen LogP contribution in [-0.4, -0.2) is 51.4 Å². The molecule has 1 saturated heterocycles. The molecule has 194 valence electrons. The van der Waals surface area contributed by atoms with Crippen LogP contribution in [-0.2, 0) is 14.3 Å². The van der Waals surface area contributed by atoms with Gasteiger partial charge in [0.15, 0.2) is 0 Å². The van der Waals surface area contributed by atoms with Crippen molar-refractivity contribution in [2.24, 2.45) is 0 Å². The number of amides is 3. The molecule has 38 heavy (non-hydrogen) atoms. The summed E-state index contributed by atoms with van der Waals surface area (Å²) in [5, 5.41) is 4.37. The molecule has 0 saturated carbocycles. The van der Waals surface area contributed by atoms with Gasteiger partial charge in [-0.25, -0.2) is 9.80 Å². The van der Waals surface area contributed by atoms with E-state index in [0.717, 1.165) is 0 Å². The number of esters is 1. The molecule has 2 aromatic carbocycles. The van der Waals surface area contributed by atoms with Gasteiger partial charge in [0.05, 0.1) is 24.3 Å². The second kappa shape index (κ2) is 11.8. The third-order valence-corrected chi connectivity index (χ3v) is 6.15. The lowest BCUT2D eigenvalue weighted by molar-refractivity contribution is -0.124. The number of ether oxygens (including phenoxy) is 1. The van der Waals surface area contributed by atoms with E-state index >= 15 is 0 Å². The maximum Gasteiger partial charge on any atom is 0.338 e. The van der Waals surface area contributed by atoms with Crippen LogP contribution in [0.2, 0.25) is 5.02 Å². The number of anilines is 2. The number of thiocarbonyl (C=S) groups is 1. The molecule has 3 amide bonds. The van der Waals surface area contributed by atoms with E-state index in [0.29, 0.717) is 27.5 Å². The number of halogens is 1. The summed E-state index contributed by atoms with van der Waals surface area (Å²) in [6.07, 6.45) is 2.60. The quantitative estimate of drug-likeness (QED) is 0.322. The van der Waals surface area contributed by atoms with Gasteiger partial charge in [0.25, 0.3) is 11.8 Å². The molecule has 12 heteroatoms. The topological polar surface area (TPSA) is 121 Å². The monoisotopic (exact) mass is 551 g/mol. The summed E-state index contributed by atoms with van der Waals surface area (Å²) >= 11 is 11.5. The average molecular weight is 552 g/mol. The Morgan fingerprint density at radius 2 is 1.66 bits per heavy atom. The number of carbonyl (C=O) groups is 4. The predicted octanol–water partition coefficient (Wildman–Crippen LogP) is 3.59. The fourth-order valence-corrected chi connectivity index (χ4v) is 4.19. The molecule has 1 atom stereocenters. The van der Waals surface area contributed by atoms with E-state index in [-0.39, 0.29) is 18.1 Å². The van der Waals surface area contributed by atoms with Crippen LogP contribution in [0.15, 0.2) is 73.1 Å². The van der Waals surface area contributed by atoms with Crippen LogP contribution in [0.3, 0.4) is 0 Å². The summed E-state index contributed by atoms with van der Waals surface area (Å²) in [4.78, 5) is 56.3. The molecule has 1 unspecified atom stereocenters. The molecule has 0 aliphatic carbocycles. The van der Waals surface area contributed by atoms with Gasteiger partial charge in [-0.3, -0.25) is 29.7 Å². The highest BCUT2D eigenvalue weighted by atomic mass is 35.5. The third kappa shape index (κ3) is 5.96. The van der Waals surface area contributed by atoms with Crippen molar-refractivity contribution in [3.63, 3.8) is 0 Å². The first-order chi connectivity index (χ1) is 18.3. The van der Waals surface area contributed by atoms with E-state index in [2.05, 4.69) is 15.7 Å². The summed E-state index contributed by atoms with van der Waals surface area (Å²) in [5.41, 5.74) is 4.13. The van der Waals surface area contributed by atoms with Crippen molar-refractivity contribution in [3.8, 4) is 0 Å². The molecule has 4 rings (SSSR count). The molecule has 3 aromatic rings. The van der Waals surface area contributed by atoms with Crippen LogP contribution < -0.4 is 15.6 Å². The van der Waals surface area contributed by atoms with Gasteiger partial charge in [-0.05, 0) is 79.8 Å². The Bertz CT molecular complexity index is 1370. The van der Waals surface area contributed by atoms with E-state index in [9.17, 15) is 19.2 Å². The number of aromatic nitrogens is 1. The van der Waals surface area contributed by atoms with Crippen molar-refractivity contribution in [1.29, 1.82) is 0 Å². The third-order valence-electron chi connectivity index (χ3n) is 5.52. The van der Waals surface area contributed by atoms with Crippen molar-refractivity contribution in [2.45, 2.75) is 19.4 Å². The smallest absolute Gasteiger partial charge is 0.338 e. The van der Waals surface area contributed by atoms with Crippen molar-refractivity contribution in [3.05, 3.63) is 89.2 Å². The number of hydrazine groups is 1. The van der Waals surface area contributed by atoms with E-state index in [1.54, 1.807) is 43.3 Å². The van der Waals surface area contributed by atoms with Crippen LogP contribution in [0.4, 0.5) is 11.4 Å². The Labute approximate surface area is 228 Å². The minimum Gasteiger partial charge on any atom is -0.462 e. The molecular formula is C26H22ClN5O5S. The number of hydrogen-bond acceptors (Lipinski definition) is 7. The highest BCUT2D eigenvalue weighted by molar-refractivity contribution is 7.80. The summed E-state index contributed by atoms with van der Waals surface area (Å²) in [7, 11) is 0. The molecule has 1 aromatic heterocycles. The van der Waals surface area contributed by atoms with Crippen molar-refractivity contribution in [2.75, 3.05) is 16.8 Å². The Morgan fingerprint density at radius 1 is 1.00 bits per heavy atom. The minimum absolute atomic E-state index is 0.00341. The molecular weight excluding hydrogens is 530 g/mol. The standard InChI is InChI=1S/C26H22ClN5O5S/c1-2-37-25(36)17-3-7-19(8-4-17)29-22(33)15-21-24(35)31(20-9-5-18(27)6-10-20)26(38)32(21)30-23(34)16-11-13-28-14-12-16/h3-14,21H,2,15H2,1H3,(H,29,33)(H,30,34). The van der Waals surface area contributed by atoms with Crippen LogP contribution in [0.5, 0.6) is 0 Å². The zero-order valence-corrected chi connectivity index (χ0v) is 21.7.